The lowest BCUT2D eigenvalue weighted by molar-refractivity contribution is -0.115. The molecule has 1 aromatic rings. The first-order valence-corrected chi connectivity index (χ1v) is 10.1. The largest absolute Gasteiger partial charge is 0.493 e. The number of carbonyl (C=O) groups excluding carboxylic acids is 1. The van der Waals surface area contributed by atoms with Gasteiger partial charge in [-0.15, -0.1) is 0 Å². The van der Waals surface area contributed by atoms with E-state index in [1.54, 1.807) is 40.4 Å². The van der Waals surface area contributed by atoms with Crippen LogP contribution in [0.1, 0.15) is 30.7 Å². The monoisotopic (exact) mass is 433 g/mol. The second-order valence-electron chi connectivity index (χ2n) is 7.79. The van der Waals surface area contributed by atoms with Gasteiger partial charge in [0.25, 0.3) is 0 Å². The molecule has 0 bridgehead atoms. The van der Waals surface area contributed by atoms with E-state index >= 15 is 0 Å². The van der Waals surface area contributed by atoms with Crippen molar-refractivity contribution in [3.63, 3.8) is 0 Å². The molecule has 166 valence electrons. The molecule has 1 aromatic carbocycles. The zero-order valence-electron chi connectivity index (χ0n) is 18.8. The van der Waals surface area contributed by atoms with Crippen molar-refractivity contribution >= 4 is 6.41 Å². The molecule has 8 heteroatoms. The minimum atomic E-state index is -1.61. The molecule has 2 N–H and O–H groups in total. The van der Waals surface area contributed by atoms with Crippen molar-refractivity contribution in [3.05, 3.63) is 46.7 Å². The summed E-state index contributed by atoms with van der Waals surface area (Å²) < 4.78 is 10.7. The van der Waals surface area contributed by atoms with Gasteiger partial charge in [0, 0.05) is 20.0 Å². The molecular formula is C24H27N5O3. The van der Waals surface area contributed by atoms with Gasteiger partial charge < -0.3 is 20.1 Å². The number of allylic oxidation sites excluding steroid dienone is 4. The number of methoxy groups -OCH3 is 2. The molecule has 0 radical (unpaired) electrons. The topological polar surface area (TPSA) is 136 Å². The Bertz CT molecular complexity index is 1040. The SMILES string of the molecule is CN(C)C=O.COc1ccc([C@@H]2[C@H]3CCCC=C3C(C#N)=C(N)C2(C#N)C#N)cc1OC. The van der Waals surface area contributed by atoms with E-state index in [4.69, 9.17) is 15.2 Å². The Labute approximate surface area is 188 Å². The molecule has 0 aliphatic heterocycles. The molecule has 0 saturated heterocycles. The van der Waals surface area contributed by atoms with E-state index in [1.165, 1.54) is 4.90 Å². The molecule has 0 saturated carbocycles. The van der Waals surface area contributed by atoms with Gasteiger partial charge in [-0.2, -0.15) is 15.8 Å². The van der Waals surface area contributed by atoms with Crippen molar-refractivity contribution in [1.29, 1.82) is 15.8 Å². The van der Waals surface area contributed by atoms with Crippen LogP contribution in [0.3, 0.4) is 0 Å². The number of nitrogens with two attached hydrogens (primary N) is 1. The zero-order chi connectivity index (χ0) is 23.9. The molecular weight excluding hydrogens is 406 g/mol. The Morgan fingerprint density at radius 3 is 2.28 bits per heavy atom. The molecule has 2 atom stereocenters. The average Bonchev–Trinajstić information content (AvgIpc) is 2.83. The Morgan fingerprint density at radius 1 is 1.16 bits per heavy atom. The van der Waals surface area contributed by atoms with E-state index in [-0.39, 0.29) is 17.2 Å². The number of nitriles is 3. The van der Waals surface area contributed by atoms with Gasteiger partial charge in [-0.3, -0.25) is 4.79 Å². The number of hydrogen-bond acceptors (Lipinski definition) is 7. The highest BCUT2D eigenvalue weighted by atomic mass is 16.5. The van der Waals surface area contributed by atoms with Gasteiger partial charge in [0.1, 0.15) is 6.07 Å². The third-order valence-corrected chi connectivity index (χ3v) is 5.78. The van der Waals surface area contributed by atoms with Crippen molar-refractivity contribution in [2.45, 2.75) is 25.2 Å². The van der Waals surface area contributed by atoms with Crippen LogP contribution in [0.2, 0.25) is 0 Å². The van der Waals surface area contributed by atoms with Gasteiger partial charge in [0.15, 0.2) is 16.9 Å². The number of amides is 1. The van der Waals surface area contributed by atoms with Crippen LogP contribution in [0, 0.1) is 45.3 Å². The molecule has 32 heavy (non-hydrogen) atoms. The molecule has 0 heterocycles. The summed E-state index contributed by atoms with van der Waals surface area (Å²) in [7, 11) is 6.47. The standard InChI is InChI=1S/C21H20N4O2.C3H7NO/c1-26-17-8-7-13(9-18(17)27-2)19-15-6-4-3-5-14(15)16(10-22)20(25)21(19,11-23)12-24;1-4(2)3-5/h5,7-9,15,19H,3-4,6,25H2,1-2H3;3H,1-2H3/t15-,19+;/m0./s1. The predicted octanol–water partition coefficient (Wildman–Crippen LogP) is 3.00. The van der Waals surface area contributed by atoms with Crippen LogP contribution in [0.25, 0.3) is 0 Å². The van der Waals surface area contributed by atoms with Crippen LogP contribution in [0.4, 0.5) is 0 Å². The number of fused-ring (bicyclic) bond motifs is 1. The van der Waals surface area contributed by atoms with Gasteiger partial charge in [-0.05, 0) is 48.4 Å². The Kier molecular flexibility index (Phi) is 7.88. The summed E-state index contributed by atoms with van der Waals surface area (Å²) in [5, 5.41) is 29.7. The van der Waals surface area contributed by atoms with Gasteiger partial charge in [0.2, 0.25) is 6.41 Å². The Hall–Kier alpha value is -3.96. The van der Waals surface area contributed by atoms with E-state index in [0.717, 1.165) is 36.8 Å². The van der Waals surface area contributed by atoms with Gasteiger partial charge in [0.05, 0.1) is 37.6 Å². The summed E-state index contributed by atoms with van der Waals surface area (Å²) in [6.45, 7) is 0. The third kappa shape index (κ3) is 4.24. The molecule has 0 unspecified atom stereocenters. The van der Waals surface area contributed by atoms with Crippen LogP contribution < -0.4 is 15.2 Å². The van der Waals surface area contributed by atoms with E-state index < -0.39 is 11.3 Å². The maximum absolute atomic E-state index is 10.0. The molecule has 2 aliphatic rings. The summed E-state index contributed by atoms with van der Waals surface area (Å²) in [6, 6.07) is 11.8. The summed E-state index contributed by atoms with van der Waals surface area (Å²) >= 11 is 0. The number of hydrogen-bond donors (Lipinski definition) is 1. The van der Waals surface area contributed by atoms with Gasteiger partial charge in [-0.1, -0.05) is 12.1 Å². The van der Waals surface area contributed by atoms with E-state index in [9.17, 15) is 20.6 Å². The average molecular weight is 434 g/mol. The van der Waals surface area contributed by atoms with E-state index in [1.807, 2.05) is 12.1 Å². The number of carbonyl (C=O) groups is 1. The Morgan fingerprint density at radius 2 is 1.78 bits per heavy atom. The molecule has 0 fully saturated rings. The molecule has 0 spiro atoms. The van der Waals surface area contributed by atoms with Gasteiger partial charge in [-0.25, -0.2) is 0 Å². The number of rotatable bonds is 4. The number of nitrogens with zero attached hydrogens (tertiary/aromatic N) is 4. The maximum Gasteiger partial charge on any atom is 0.209 e. The van der Waals surface area contributed by atoms with Crippen molar-refractivity contribution in [2.24, 2.45) is 17.1 Å². The smallest absolute Gasteiger partial charge is 0.209 e. The molecule has 1 amide bonds. The van der Waals surface area contributed by atoms with Crippen molar-refractivity contribution in [3.8, 4) is 29.7 Å². The minimum absolute atomic E-state index is 0.0409. The normalized spacial score (nSPS) is 20.6. The Balaban J connectivity index is 0.000000654. The van der Waals surface area contributed by atoms with E-state index in [2.05, 4.69) is 18.2 Å². The van der Waals surface area contributed by atoms with Crippen LogP contribution in [0.5, 0.6) is 11.5 Å². The van der Waals surface area contributed by atoms with Crippen LogP contribution >= 0.6 is 0 Å². The molecule has 0 aromatic heterocycles. The predicted molar refractivity (Wildman–Crippen MR) is 118 cm³/mol. The molecule has 3 rings (SSSR count). The maximum atomic E-state index is 10.0. The highest BCUT2D eigenvalue weighted by molar-refractivity contribution is 5.60. The van der Waals surface area contributed by atoms with Crippen molar-refractivity contribution in [2.75, 3.05) is 28.3 Å². The summed E-state index contributed by atoms with van der Waals surface area (Å²) in [6.07, 6.45) is 5.35. The second kappa shape index (κ2) is 10.4. The second-order valence-corrected chi connectivity index (χ2v) is 7.79. The summed E-state index contributed by atoms with van der Waals surface area (Å²) in [5.74, 6) is 0.473. The van der Waals surface area contributed by atoms with Crippen LogP contribution in [-0.2, 0) is 4.79 Å². The first kappa shape index (κ1) is 24.3. The van der Waals surface area contributed by atoms with Crippen molar-refractivity contribution < 1.29 is 14.3 Å². The lowest BCUT2D eigenvalue weighted by Gasteiger charge is -2.43. The minimum Gasteiger partial charge on any atom is -0.493 e. The lowest BCUT2D eigenvalue weighted by Crippen LogP contribution is -2.42. The number of benzene rings is 1. The fourth-order valence-electron chi connectivity index (χ4n) is 4.30. The van der Waals surface area contributed by atoms with Crippen molar-refractivity contribution in [1.82, 2.24) is 4.90 Å². The fraction of sp³-hybridized carbons (Fsp3) is 0.417. The van der Waals surface area contributed by atoms with E-state index in [0.29, 0.717) is 11.5 Å². The number of ether oxygens (including phenoxy) is 2. The summed E-state index contributed by atoms with van der Waals surface area (Å²) in [4.78, 5) is 10.9. The first-order valence-electron chi connectivity index (χ1n) is 10.1. The summed E-state index contributed by atoms with van der Waals surface area (Å²) in [5.41, 5.74) is 6.60. The third-order valence-electron chi connectivity index (χ3n) is 5.78. The fourth-order valence-corrected chi connectivity index (χ4v) is 4.30. The first-order chi connectivity index (χ1) is 15.3. The molecule has 8 nitrogen and oxygen atoms in total. The molecule has 2 aliphatic carbocycles. The van der Waals surface area contributed by atoms with Crippen LogP contribution in [0.15, 0.2) is 41.1 Å². The van der Waals surface area contributed by atoms with Gasteiger partial charge >= 0.3 is 0 Å². The lowest BCUT2D eigenvalue weighted by atomic mass is 9.57. The highest BCUT2D eigenvalue weighted by Gasteiger charge is 2.53. The van der Waals surface area contributed by atoms with Crippen LogP contribution in [-0.4, -0.2) is 39.6 Å². The highest BCUT2D eigenvalue weighted by Crippen LogP contribution is 2.56. The quantitative estimate of drug-likeness (QED) is 0.721. The zero-order valence-corrected chi connectivity index (χ0v) is 18.8.